The van der Waals surface area contributed by atoms with Crippen LogP contribution < -0.4 is 5.32 Å². The van der Waals surface area contributed by atoms with Crippen molar-refractivity contribution in [2.45, 2.75) is 19.5 Å². The molecular weight excluding hydrogens is 374 g/mol. The number of carbonyl (C=O) groups excluding carboxylic acids is 1. The Morgan fingerprint density at radius 2 is 1.82 bits per heavy atom. The monoisotopic (exact) mass is 391 g/mol. The average Bonchev–Trinajstić information content (AvgIpc) is 3.16. The van der Waals surface area contributed by atoms with Gasteiger partial charge in [-0.2, -0.15) is 4.80 Å². The van der Waals surface area contributed by atoms with Crippen molar-refractivity contribution < 1.29 is 4.79 Å². The summed E-state index contributed by atoms with van der Waals surface area (Å²) in [7, 11) is 0. The smallest absolute Gasteiger partial charge is 0.244 e. The Kier molecular flexibility index (Phi) is 5.04. The predicted molar refractivity (Wildman–Crippen MR) is 109 cm³/mol. The lowest BCUT2D eigenvalue weighted by molar-refractivity contribution is -0.122. The van der Waals surface area contributed by atoms with Gasteiger partial charge in [-0.05, 0) is 58.8 Å². The van der Waals surface area contributed by atoms with Crippen molar-refractivity contribution in [2.75, 3.05) is 0 Å². The minimum atomic E-state index is -0.180. The third-order valence-electron chi connectivity index (χ3n) is 4.49. The second kappa shape index (κ2) is 7.78. The molecule has 1 aromatic heterocycles. The lowest BCUT2D eigenvalue weighted by Crippen LogP contribution is -2.30. The van der Waals surface area contributed by atoms with Gasteiger partial charge in [-0.3, -0.25) is 4.79 Å². The van der Waals surface area contributed by atoms with E-state index in [2.05, 4.69) is 45.0 Å². The van der Waals surface area contributed by atoms with Gasteiger partial charge in [0.25, 0.3) is 0 Å². The summed E-state index contributed by atoms with van der Waals surface area (Å²) in [5, 5.41) is 18.2. The van der Waals surface area contributed by atoms with Crippen molar-refractivity contribution in [3.63, 3.8) is 0 Å². The summed E-state index contributed by atoms with van der Waals surface area (Å²) in [5.41, 5.74) is 1.83. The zero-order valence-corrected chi connectivity index (χ0v) is 16.0. The molecule has 1 N–H and O–H groups in total. The summed E-state index contributed by atoms with van der Waals surface area (Å²) < 4.78 is 0. The lowest BCUT2D eigenvalue weighted by atomic mass is 10.0. The number of hydrogen-bond donors (Lipinski definition) is 1. The standard InChI is InChI=1S/C21H18ClN5O/c1-14(17-7-6-15-4-2-3-5-18(15)12-17)23-20(28)13-27-25-21(24-26-27)16-8-10-19(22)11-9-16/h2-12,14H,13H2,1H3,(H,23,28). The van der Waals surface area contributed by atoms with Crippen LogP contribution in [0.1, 0.15) is 18.5 Å². The molecule has 7 heteroatoms. The maximum absolute atomic E-state index is 12.4. The van der Waals surface area contributed by atoms with Crippen molar-refractivity contribution >= 4 is 28.3 Å². The Labute approximate surface area is 167 Å². The van der Waals surface area contributed by atoms with Crippen LogP contribution in [0.3, 0.4) is 0 Å². The van der Waals surface area contributed by atoms with Gasteiger partial charge in [0.15, 0.2) is 0 Å². The Morgan fingerprint density at radius 3 is 2.61 bits per heavy atom. The molecule has 1 amide bonds. The number of hydrogen-bond acceptors (Lipinski definition) is 4. The van der Waals surface area contributed by atoms with E-state index < -0.39 is 0 Å². The Bertz CT molecular complexity index is 1120. The lowest BCUT2D eigenvalue weighted by Gasteiger charge is -2.14. The first-order valence-corrected chi connectivity index (χ1v) is 9.28. The normalized spacial score (nSPS) is 12.1. The summed E-state index contributed by atoms with van der Waals surface area (Å²) in [6, 6.07) is 21.3. The summed E-state index contributed by atoms with van der Waals surface area (Å²) in [4.78, 5) is 13.7. The van der Waals surface area contributed by atoms with Crippen molar-refractivity contribution in [2.24, 2.45) is 0 Å². The molecule has 28 heavy (non-hydrogen) atoms. The van der Waals surface area contributed by atoms with Gasteiger partial charge in [0, 0.05) is 10.6 Å². The van der Waals surface area contributed by atoms with E-state index in [1.165, 1.54) is 10.2 Å². The highest BCUT2D eigenvalue weighted by molar-refractivity contribution is 6.30. The van der Waals surface area contributed by atoms with Crippen molar-refractivity contribution in [1.29, 1.82) is 0 Å². The Hall–Kier alpha value is -3.25. The summed E-state index contributed by atoms with van der Waals surface area (Å²) >= 11 is 5.89. The van der Waals surface area contributed by atoms with E-state index >= 15 is 0 Å². The van der Waals surface area contributed by atoms with E-state index in [9.17, 15) is 4.79 Å². The molecule has 3 aromatic carbocycles. The van der Waals surface area contributed by atoms with Gasteiger partial charge >= 0.3 is 0 Å². The van der Waals surface area contributed by atoms with Crippen LogP contribution in [-0.4, -0.2) is 26.1 Å². The molecule has 0 aliphatic carbocycles. The van der Waals surface area contributed by atoms with E-state index in [4.69, 9.17) is 11.6 Å². The SMILES string of the molecule is CC(NC(=O)Cn1nnc(-c2ccc(Cl)cc2)n1)c1ccc2ccccc2c1. The van der Waals surface area contributed by atoms with Crippen molar-refractivity contribution in [3.8, 4) is 11.4 Å². The van der Waals surface area contributed by atoms with Crippen LogP contribution in [0.5, 0.6) is 0 Å². The summed E-state index contributed by atoms with van der Waals surface area (Å²) in [5.74, 6) is 0.271. The topological polar surface area (TPSA) is 72.7 Å². The van der Waals surface area contributed by atoms with Crippen molar-refractivity contribution in [1.82, 2.24) is 25.5 Å². The number of nitrogens with zero attached hydrogens (tertiary/aromatic N) is 4. The van der Waals surface area contributed by atoms with E-state index in [-0.39, 0.29) is 18.5 Å². The molecule has 1 atom stereocenters. The fourth-order valence-electron chi connectivity index (χ4n) is 3.00. The molecule has 0 radical (unpaired) electrons. The van der Waals surface area contributed by atoms with Crippen LogP contribution in [0.4, 0.5) is 0 Å². The number of carbonyl (C=O) groups is 1. The van der Waals surface area contributed by atoms with Crippen molar-refractivity contribution in [3.05, 3.63) is 77.3 Å². The van der Waals surface area contributed by atoms with E-state index in [1.807, 2.05) is 37.3 Å². The van der Waals surface area contributed by atoms with Gasteiger partial charge in [-0.25, -0.2) is 0 Å². The maximum atomic E-state index is 12.4. The zero-order valence-electron chi connectivity index (χ0n) is 15.2. The molecule has 1 heterocycles. The van der Waals surface area contributed by atoms with Gasteiger partial charge in [-0.1, -0.05) is 48.0 Å². The molecule has 0 saturated heterocycles. The minimum Gasteiger partial charge on any atom is -0.348 e. The molecular formula is C21H18ClN5O. The fraction of sp³-hybridized carbons (Fsp3) is 0.143. The number of benzene rings is 3. The van der Waals surface area contributed by atoms with Gasteiger partial charge in [0.1, 0.15) is 6.54 Å². The van der Waals surface area contributed by atoms with E-state index in [0.717, 1.165) is 16.5 Å². The first-order valence-electron chi connectivity index (χ1n) is 8.90. The van der Waals surface area contributed by atoms with Crippen LogP contribution in [-0.2, 0) is 11.3 Å². The highest BCUT2D eigenvalue weighted by Gasteiger charge is 2.13. The molecule has 0 bridgehead atoms. The van der Waals surface area contributed by atoms with Gasteiger partial charge in [-0.15, -0.1) is 10.2 Å². The van der Waals surface area contributed by atoms with E-state index in [0.29, 0.717) is 10.8 Å². The molecule has 4 aromatic rings. The van der Waals surface area contributed by atoms with Crippen LogP contribution in [0.15, 0.2) is 66.7 Å². The summed E-state index contributed by atoms with van der Waals surface area (Å²) in [6.07, 6.45) is 0. The molecule has 4 rings (SSSR count). The van der Waals surface area contributed by atoms with Gasteiger partial charge in [0.2, 0.25) is 11.7 Å². The number of fused-ring (bicyclic) bond motifs is 1. The zero-order chi connectivity index (χ0) is 19.5. The quantitative estimate of drug-likeness (QED) is 0.557. The molecule has 0 aliphatic heterocycles. The number of tetrazole rings is 1. The van der Waals surface area contributed by atoms with Crippen LogP contribution in [0, 0.1) is 0 Å². The number of amides is 1. The molecule has 0 aliphatic rings. The molecule has 6 nitrogen and oxygen atoms in total. The molecule has 1 unspecified atom stereocenters. The predicted octanol–water partition coefficient (Wildman–Crippen LogP) is 4.02. The highest BCUT2D eigenvalue weighted by Crippen LogP contribution is 2.20. The number of nitrogens with one attached hydrogen (secondary N) is 1. The number of aromatic nitrogens is 4. The summed E-state index contributed by atoms with van der Waals surface area (Å²) in [6.45, 7) is 1.95. The second-order valence-electron chi connectivity index (χ2n) is 6.55. The molecule has 140 valence electrons. The first-order chi connectivity index (χ1) is 13.6. The van der Waals surface area contributed by atoms with E-state index in [1.54, 1.807) is 12.1 Å². The molecule has 0 saturated carbocycles. The molecule has 0 fully saturated rings. The van der Waals surface area contributed by atoms with Crippen LogP contribution in [0.25, 0.3) is 22.2 Å². The van der Waals surface area contributed by atoms with Crippen LogP contribution >= 0.6 is 11.6 Å². The number of halogens is 1. The third kappa shape index (κ3) is 4.02. The minimum absolute atomic E-state index is 0.00148. The Morgan fingerprint density at radius 1 is 1.07 bits per heavy atom. The Balaban J connectivity index is 1.41. The van der Waals surface area contributed by atoms with Gasteiger partial charge in [0.05, 0.1) is 6.04 Å². The fourth-order valence-corrected chi connectivity index (χ4v) is 3.13. The number of rotatable bonds is 5. The molecule has 0 spiro atoms. The van der Waals surface area contributed by atoms with Gasteiger partial charge < -0.3 is 5.32 Å². The highest BCUT2D eigenvalue weighted by atomic mass is 35.5. The maximum Gasteiger partial charge on any atom is 0.244 e. The average molecular weight is 392 g/mol. The third-order valence-corrected chi connectivity index (χ3v) is 4.74. The largest absolute Gasteiger partial charge is 0.348 e. The first kappa shape index (κ1) is 18.1. The second-order valence-corrected chi connectivity index (χ2v) is 6.98. The van der Waals surface area contributed by atoms with Crippen LogP contribution in [0.2, 0.25) is 5.02 Å².